The highest BCUT2D eigenvalue weighted by atomic mass is 15.2. The lowest BCUT2D eigenvalue weighted by Crippen LogP contribution is -2.51. The predicted octanol–water partition coefficient (Wildman–Crippen LogP) is 1.88. The second-order valence-corrected chi connectivity index (χ2v) is 4.94. The molecule has 3 nitrogen and oxygen atoms in total. The van der Waals surface area contributed by atoms with Crippen molar-refractivity contribution >= 4 is 0 Å². The molecule has 1 aliphatic heterocycles. The van der Waals surface area contributed by atoms with Gasteiger partial charge in [0.15, 0.2) is 0 Å². The molecule has 0 bridgehead atoms. The molecule has 1 fully saturated rings. The van der Waals surface area contributed by atoms with E-state index in [1.165, 1.54) is 32.1 Å². The van der Waals surface area contributed by atoms with Crippen LogP contribution in [0.25, 0.3) is 0 Å². The van der Waals surface area contributed by atoms with Crippen LogP contribution < -0.4 is 5.73 Å². The lowest BCUT2D eigenvalue weighted by atomic mass is 9.95. The van der Waals surface area contributed by atoms with Gasteiger partial charge in [0.1, 0.15) is 5.54 Å². The Morgan fingerprint density at radius 2 is 2.27 bits per heavy atom. The molecule has 0 aromatic heterocycles. The fourth-order valence-electron chi connectivity index (χ4n) is 2.39. The molecule has 2 unspecified atom stereocenters. The molecule has 0 radical (unpaired) electrons. The molecular weight excluding hydrogens is 186 g/mol. The zero-order chi connectivity index (χ0) is 11.3. The van der Waals surface area contributed by atoms with Gasteiger partial charge in [0, 0.05) is 12.6 Å². The number of nitrogens with zero attached hydrogens (tertiary/aromatic N) is 2. The summed E-state index contributed by atoms with van der Waals surface area (Å²) >= 11 is 0. The Kier molecular flexibility index (Phi) is 4.56. The number of nitrogens with two attached hydrogens (primary N) is 1. The summed E-state index contributed by atoms with van der Waals surface area (Å²) in [6.45, 7) is 5.87. The maximum absolute atomic E-state index is 8.94. The average molecular weight is 209 g/mol. The van der Waals surface area contributed by atoms with Crippen molar-refractivity contribution in [3.05, 3.63) is 0 Å². The van der Waals surface area contributed by atoms with Gasteiger partial charge in [0.2, 0.25) is 0 Å². The number of hydrogen-bond donors (Lipinski definition) is 1. The lowest BCUT2D eigenvalue weighted by molar-refractivity contribution is 0.123. The summed E-state index contributed by atoms with van der Waals surface area (Å²) < 4.78 is 0. The van der Waals surface area contributed by atoms with Gasteiger partial charge in [-0.25, -0.2) is 0 Å². The van der Waals surface area contributed by atoms with Crippen LogP contribution in [0.3, 0.4) is 0 Å². The van der Waals surface area contributed by atoms with E-state index in [2.05, 4.69) is 17.9 Å². The minimum absolute atomic E-state index is 0.653. The van der Waals surface area contributed by atoms with Gasteiger partial charge in [0.05, 0.1) is 6.07 Å². The minimum Gasteiger partial charge on any atom is -0.313 e. The molecule has 3 heteroatoms. The monoisotopic (exact) mass is 209 g/mol. The SMILES string of the molecule is CCCC1CCCCN1CC(C)(N)C#N. The number of rotatable bonds is 4. The summed E-state index contributed by atoms with van der Waals surface area (Å²) in [7, 11) is 0. The van der Waals surface area contributed by atoms with Crippen LogP contribution in [0.15, 0.2) is 0 Å². The van der Waals surface area contributed by atoms with E-state index in [0.29, 0.717) is 12.6 Å². The molecule has 0 amide bonds. The van der Waals surface area contributed by atoms with Crippen molar-refractivity contribution in [3.8, 4) is 6.07 Å². The smallest absolute Gasteiger partial charge is 0.114 e. The zero-order valence-electron chi connectivity index (χ0n) is 10.00. The molecule has 86 valence electrons. The number of likely N-dealkylation sites (tertiary alicyclic amines) is 1. The summed E-state index contributed by atoms with van der Waals surface area (Å²) in [5, 5.41) is 8.94. The second kappa shape index (κ2) is 5.48. The van der Waals surface area contributed by atoms with Crippen molar-refractivity contribution in [2.45, 2.75) is 57.5 Å². The number of hydrogen-bond acceptors (Lipinski definition) is 3. The Hall–Kier alpha value is -0.590. The van der Waals surface area contributed by atoms with Crippen LogP contribution in [0.1, 0.15) is 46.0 Å². The average Bonchev–Trinajstić information content (AvgIpc) is 2.21. The Morgan fingerprint density at radius 1 is 1.53 bits per heavy atom. The first-order valence-corrected chi connectivity index (χ1v) is 6.03. The van der Waals surface area contributed by atoms with Gasteiger partial charge >= 0.3 is 0 Å². The van der Waals surface area contributed by atoms with Crippen LogP contribution >= 0.6 is 0 Å². The second-order valence-electron chi connectivity index (χ2n) is 4.94. The van der Waals surface area contributed by atoms with Gasteiger partial charge in [0.25, 0.3) is 0 Å². The van der Waals surface area contributed by atoms with Crippen LogP contribution in [0.2, 0.25) is 0 Å². The summed E-state index contributed by atoms with van der Waals surface area (Å²) in [5.74, 6) is 0. The van der Waals surface area contributed by atoms with Gasteiger partial charge in [-0.2, -0.15) is 5.26 Å². The fourth-order valence-corrected chi connectivity index (χ4v) is 2.39. The largest absolute Gasteiger partial charge is 0.313 e. The molecular formula is C12H23N3. The highest BCUT2D eigenvalue weighted by molar-refractivity contribution is 5.04. The van der Waals surface area contributed by atoms with Crippen LogP contribution in [0.5, 0.6) is 0 Å². The summed E-state index contributed by atoms with van der Waals surface area (Å²) in [4.78, 5) is 2.41. The molecule has 1 saturated heterocycles. The molecule has 1 rings (SSSR count). The van der Waals surface area contributed by atoms with E-state index in [1.54, 1.807) is 0 Å². The molecule has 0 aliphatic carbocycles. The van der Waals surface area contributed by atoms with Crippen molar-refractivity contribution in [2.75, 3.05) is 13.1 Å². The third-order valence-electron chi connectivity index (χ3n) is 3.16. The van der Waals surface area contributed by atoms with Gasteiger partial charge in [-0.1, -0.05) is 19.8 Å². The van der Waals surface area contributed by atoms with E-state index < -0.39 is 5.54 Å². The van der Waals surface area contributed by atoms with Gasteiger partial charge in [-0.3, -0.25) is 4.90 Å². The van der Waals surface area contributed by atoms with Gasteiger partial charge < -0.3 is 5.73 Å². The highest BCUT2D eigenvalue weighted by Crippen LogP contribution is 2.22. The zero-order valence-corrected chi connectivity index (χ0v) is 10.00. The first-order valence-electron chi connectivity index (χ1n) is 6.03. The van der Waals surface area contributed by atoms with Crippen LogP contribution in [-0.2, 0) is 0 Å². The summed E-state index contributed by atoms with van der Waals surface area (Å²) in [6.07, 6.45) is 6.31. The number of nitriles is 1. The van der Waals surface area contributed by atoms with Crippen LogP contribution in [0, 0.1) is 11.3 Å². The highest BCUT2D eigenvalue weighted by Gasteiger charge is 2.28. The van der Waals surface area contributed by atoms with Crippen LogP contribution in [-0.4, -0.2) is 29.6 Å². The first-order chi connectivity index (χ1) is 7.09. The van der Waals surface area contributed by atoms with E-state index in [1.807, 2.05) is 6.92 Å². The lowest BCUT2D eigenvalue weighted by Gasteiger charge is -2.38. The Morgan fingerprint density at radius 3 is 2.87 bits per heavy atom. The third kappa shape index (κ3) is 3.81. The molecule has 1 heterocycles. The standard InChI is InChI=1S/C12H23N3/c1-3-6-11-7-4-5-8-15(11)10-12(2,14)9-13/h11H,3-8,10,14H2,1-2H3. The number of piperidine rings is 1. The maximum Gasteiger partial charge on any atom is 0.114 e. The van der Waals surface area contributed by atoms with Crippen molar-refractivity contribution in [1.29, 1.82) is 5.26 Å². The molecule has 15 heavy (non-hydrogen) atoms. The topological polar surface area (TPSA) is 53.0 Å². The van der Waals surface area contributed by atoms with E-state index >= 15 is 0 Å². The van der Waals surface area contributed by atoms with E-state index in [9.17, 15) is 0 Å². The minimum atomic E-state index is -0.691. The Bertz CT molecular complexity index is 228. The normalized spacial score (nSPS) is 26.9. The quantitative estimate of drug-likeness (QED) is 0.769. The van der Waals surface area contributed by atoms with E-state index in [-0.39, 0.29) is 0 Å². The van der Waals surface area contributed by atoms with Gasteiger partial charge in [-0.15, -0.1) is 0 Å². The molecule has 0 spiro atoms. The third-order valence-corrected chi connectivity index (χ3v) is 3.16. The molecule has 0 aromatic carbocycles. The molecule has 2 N–H and O–H groups in total. The summed E-state index contributed by atoms with van der Waals surface area (Å²) in [6, 6.07) is 2.84. The Labute approximate surface area is 93.2 Å². The van der Waals surface area contributed by atoms with Crippen LogP contribution in [0.4, 0.5) is 0 Å². The maximum atomic E-state index is 8.94. The van der Waals surface area contributed by atoms with Crippen molar-refractivity contribution in [3.63, 3.8) is 0 Å². The fraction of sp³-hybridized carbons (Fsp3) is 0.917. The van der Waals surface area contributed by atoms with Crippen molar-refractivity contribution < 1.29 is 0 Å². The van der Waals surface area contributed by atoms with Crippen molar-refractivity contribution in [1.82, 2.24) is 4.90 Å². The summed E-state index contributed by atoms with van der Waals surface area (Å²) in [5.41, 5.74) is 5.21. The molecule has 2 atom stereocenters. The molecule has 0 aromatic rings. The van der Waals surface area contributed by atoms with E-state index in [0.717, 1.165) is 6.54 Å². The molecule has 1 aliphatic rings. The Balaban J connectivity index is 2.53. The van der Waals surface area contributed by atoms with Crippen molar-refractivity contribution in [2.24, 2.45) is 5.73 Å². The molecule has 0 saturated carbocycles. The first kappa shape index (κ1) is 12.5. The van der Waals surface area contributed by atoms with Gasteiger partial charge in [-0.05, 0) is 32.7 Å². The predicted molar refractivity (Wildman–Crippen MR) is 62.3 cm³/mol. The van der Waals surface area contributed by atoms with E-state index in [4.69, 9.17) is 11.0 Å².